The van der Waals surface area contributed by atoms with Crippen molar-refractivity contribution in [1.82, 2.24) is 9.88 Å². The van der Waals surface area contributed by atoms with E-state index >= 15 is 0 Å². The quantitative estimate of drug-likeness (QED) is 0.629. The summed E-state index contributed by atoms with van der Waals surface area (Å²) in [6, 6.07) is 3.38. The first-order chi connectivity index (χ1) is 8.91. The third-order valence-electron chi connectivity index (χ3n) is 3.23. The van der Waals surface area contributed by atoms with Crippen molar-refractivity contribution in [3.8, 4) is 0 Å². The molecule has 8 heteroatoms. The molecule has 0 aliphatic carbocycles. The Bertz CT molecular complexity index is 564. The van der Waals surface area contributed by atoms with Crippen molar-refractivity contribution in [2.24, 2.45) is 5.84 Å². The Balaban J connectivity index is 2.13. The maximum Gasteiger partial charge on any atom is 0.153 e. The lowest BCUT2D eigenvalue weighted by molar-refractivity contribution is 0.216. The SMILES string of the molecule is CC1CS(=O)(=O)CCN1Cc1nc(NN)ccc1Cl. The Labute approximate surface area is 117 Å². The van der Waals surface area contributed by atoms with Gasteiger partial charge in [-0.1, -0.05) is 11.6 Å². The lowest BCUT2D eigenvalue weighted by atomic mass is 10.2. The number of pyridine rings is 1. The summed E-state index contributed by atoms with van der Waals surface area (Å²) < 4.78 is 23.1. The number of nitrogen functional groups attached to an aromatic ring is 1. The molecule has 19 heavy (non-hydrogen) atoms. The molecule has 3 N–H and O–H groups in total. The zero-order chi connectivity index (χ0) is 14.0. The normalized spacial score (nSPS) is 23.2. The lowest BCUT2D eigenvalue weighted by Gasteiger charge is -2.32. The third-order valence-corrected chi connectivity index (χ3v) is 5.37. The molecule has 6 nitrogen and oxygen atoms in total. The number of hydrogen-bond acceptors (Lipinski definition) is 6. The lowest BCUT2D eigenvalue weighted by Crippen LogP contribution is -2.46. The van der Waals surface area contributed by atoms with E-state index in [1.165, 1.54) is 0 Å². The molecular weight excluding hydrogens is 288 g/mol. The first-order valence-corrected chi connectivity index (χ1v) is 8.18. The van der Waals surface area contributed by atoms with Gasteiger partial charge in [0.25, 0.3) is 0 Å². The van der Waals surface area contributed by atoms with Crippen LogP contribution in [0.4, 0.5) is 5.82 Å². The van der Waals surface area contributed by atoms with Crippen LogP contribution in [0.3, 0.4) is 0 Å². The standard InChI is InChI=1S/C11H17ClN4O2S/c1-8-7-19(17,18)5-4-16(8)6-10-9(12)2-3-11(14-10)15-13/h2-3,8H,4-7,13H2,1H3,(H,14,15). The molecule has 1 atom stereocenters. The molecule has 0 spiro atoms. The van der Waals surface area contributed by atoms with E-state index in [1.54, 1.807) is 12.1 Å². The highest BCUT2D eigenvalue weighted by Crippen LogP contribution is 2.21. The van der Waals surface area contributed by atoms with Gasteiger partial charge >= 0.3 is 0 Å². The van der Waals surface area contributed by atoms with Gasteiger partial charge in [0.2, 0.25) is 0 Å². The second kappa shape index (κ2) is 5.62. The number of sulfone groups is 1. The molecule has 1 aromatic rings. The van der Waals surface area contributed by atoms with Crippen LogP contribution in [0.25, 0.3) is 0 Å². The summed E-state index contributed by atoms with van der Waals surface area (Å²) >= 11 is 6.10. The van der Waals surface area contributed by atoms with E-state index in [9.17, 15) is 8.42 Å². The van der Waals surface area contributed by atoms with Crippen molar-refractivity contribution in [2.45, 2.75) is 19.5 Å². The molecule has 0 amide bonds. The van der Waals surface area contributed by atoms with Gasteiger partial charge in [-0.25, -0.2) is 19.2 Å². The van der Waals surface area contributed by atoms with Crippen molar-refractivity contribution >= 4 is 27.3 Å². The van der Waals surface area contributed by atoms with Crippen LogP contribution in [0.5, 0.6) is 0 Å². The third kappa shape index (κ3) is 3.56. The van der Waals surface area contributed by atoms with Crippen molar-refractivity contribution in [3.05, 3.63) is 22.8 Å². The molecule has 2 heterocycles. The second-order valence-corrected chi connectivity index (χ2v) is 7.34. The molecule has 0 saturated carbocycles. The van der Waals surface area contributed by atoms with Crippen molar-refractivity contribution in [2.75, 3.05) is 23.5 Å². The van der Waals surface area contributed by atoms with Gasteiger partial charge in [0.05, 0.1) is 22.2 Å². The summed E-state index contributed by atoms with van der Waals surface area (Å²) in [4.78, 5) is 6.36. The number of nitrogens with zero attached hydrogens (tertiary/aromatic N) is 2. The summed E-state index contributed by atoms with van der Waals surface area (Å²) in [5.41, 5.74) is 3.17. The Hall–Kier alpha value is -0.890. The van der Waals surface area contributed by atoms with Crippen molar-refractivity contribution < 1.29 is 8.42 Å². The van der Waals surface area contributed by atoms with Gasteiger partial charge in [-0.3, -0.25) is 4.90 Å². The van der Waals surface area contributed by atoms with Gasteiger partial charge in [0, 0.05) is 19.1 Å². The van der Waals surface area contributed by atoms with Crippen LogP contribution >= 0.6 is 11.6 Å². The predicted octanol–water partition coefficient (Wildman–Crippen LogP) is 0.639. The minimum absolute atomic E-state index is 0.0360. The Kier molecular flexibility index (Phi) is 4.29. The van der Waals surface area contributed by atoms with Crippen LogP contribution in [0.15, 0.2) is 12.1 Å². The summed E-state index contributed by atoms with van der Waals surface area (Å²) in [5, 5.41) is 0.555. The van der Waals surface area contributed by atoms with E-state index in [-0.39, 0.29) is 17.5 Å². The number of aromatic nitrogens is 1. The zero-order valence-corrected chi connectivity index (χ0v) is 12.2. The highest BCUT2D eigenvalue weighted by molar-refractivity contribution is 7.91. The van der Waals surface area contributed by atoms with Crippen LogP contribution in [-0.4, -0.2) is 42.4 Å². The maximum atomic E-state index is 11.5. The highest BCUT2D eigenvalue weighted by atomic mass is 35.5. The molecule has 1 aromatic heterocycles. The van der Waals surface area contributed by atoms with Crippen LogP contribution in [0, 0.1) is 0 Å². The minimum Gasteiger partial charge on any atom is -0.308 e. The number of rotatable bonds is 3. The number of nitrogens with two attached hydrogens (primary N) is 1. The minimum atomic E-state index is -2.91. The van der Waals surface area contributed by atoms with Crippen LogP contribution in [0.1, 0.15) is 12.6 Å². The first kappa shape index (κ1) is 14.5. The fraction of sp³-hybridized carbons (Fsp3) is 0.545. The predicted molar refractivity (Wildman–Crippen MR) is 75.6 cm³/mol. The van der Waals surface area contributed by atoms with E-state index in [2.05, 4.69) is 15.3 Å². The van der Waals surface area contributed by atoms with Crippen LogP contribution in [0.2, 0.25) is 5.02 Å². The summed E-state index contributed by atoms with van der Waals surface area (Å²) in [5.74, 6) is 6.22. The summed E-state index contributed by atoms with van der Waals surface area (Å²) in [6.45, 7) is 2.92. The molecule has 0 aromatic carbocycles. The highest BCUT2D eigenvalue weighted by Gasteiger charge is 2.28. The van der Waals surface area contributed by atoms with Crippen LogP contribution < -0.4 is 11.3 Å². The summed E-state index contributed by atoms with van der Waals surface area (Å²) in [6.07, 6.45) is 0. The Morgan fingerprint density at radius 2 is 2.32 bits per heavy atom. The number of hydrogen-bond donors (Lipinski definition) is 2. The first-order valence-electron chi connectivity index (χ1n) is 5.98. The molecule has 1 unspecified atom stereocenters. The van der Waals surface area contributed by atoms with Gasteiger partial charge < -0.3 is 5.43 Å². The van der Waals surface area contributed by atoms with Crippen molar-refractivity contribution in [3.63, 3.8) is 0 Å². The molecular formula is C11H17ClN4O2S. The largest absolute Gasteiger partial charge is 0.308 e. The molecule has 0 bridgehead atoms. The number of nitrogens with one attached hydrogen (secondary N) is 1. The van der Waals surface area contributed by atoms with E-state index in [4.69, 9.17) is 17.4 Å². The average molecular weight is 305 g/mol. The molecule has 2 rings (SSSR count). The monoisotopic (exact) mass is 304 g/mol. The number of hydrazine groups is 1. The molecule has 106 valence electrons. The van der Waals surface area contributed by atoms with Gasteiger partial charge in [-0.2, -0.15) is 0 Å². The average Bonchev–Trinajstić information content (AvgIpc) is 2.34. The Morgan fingerprint density at radius 3 is 2.95 bits per heavy atom. The molecule has 1 aliphatic rings. The number of halogens is 1. The van der Waals surface area contributed by atoms with Crippen LogP contribution in [-0.2, 0) is 16.4 Å². The van der Waals surface area contributed by atoms with Crippen molar-refractivity contribution in [1.29, 1.82) is 0 Å². The molecule has 1 fully saturated rings. The van der Waals surface area contributed by atoms with Gasteiger partial charge in [-0.15, -0.1) is 0 Å². The smallest absolute Gasteiger partial charge is 0.153 e. The maximum absolute atomic E-state index is 11.5. The Morgan fingerprint density at radius 1 is 1.58 bits per heavy atom. The fourth-order valence-corrected chi connectivity index (χ4v) is 3.93. The molecule has 1 saturated heterocycles. The van der Waals surface area contributed by atoms with E-state index in [0.29, 0.717) is 29.6 Å². The van der Waals surface area contributed by atoms with Gasteiger partial charge in [0.1, 0.15) is 5.82 Å². The second-order valence-electron chi connectivity index (χ2n) is 4.70. The van der Waals surface area contributed by atoms with E-state index in [1.807, 2.05) is 6.92 Å². The molecule has 0 radical (unpaired) electrons. The zero-order valence-electron chi connectivity index (χ0n) is 10.6. The molecule has 1 aliphatic heterocycles. The fourth-order valence-electron chi connectivity index (χ4n) is 2.14. The van der Waals surface area contributed by atoms with Gasteiger partial charge in [0.15, 0.2) is 9.84 Å². The van der Waals surface area contributed by atoms with E-state index < -0.39 is 9.84 Å². The number of anilines is 1. The van der Waals surface area contributed by atoms with Gasteiger partial charge in [-0.05, 0) is 19.1 Å². The topological polar surface area (TPSA) is 88.3 Å². The van der Waals surface area contributed by atoms with E-state index in [0.717, 1.165) is 0 Å². The summed E-state index contributed by atoms with van der Waals surface area (Å²) in [7, 11) is -2.91.